The molecule has 2 aromatic rings. The molecule has 2 rings (SSSR count). The van der Waals surface area contributed by atoms with Crippen LogP contribution in [0.1, 0.15) is 22.6 Å². The number of carbonyl (C=O) groups excluding carboxylic acids is 1. The number of rotatable bonds is 6. The van der Waals surface area contributed by atoms with Crippen LogP contribution in [0.4, 0.5) is 0 Å². The van der Waals surface area contributed by atoms with E-state index in [-0.39, 0.29) is 11.7 Å². The number of nitriles is 1. The largest absolute Gasteiger partial charge is 0.496 e. The zero-order valence-electron chi connectivity index (χ0n) is 13.8. The van der Waals surface area contributed by atoms with E-state index in [4.69, 9.17) is 4.74 Å². The summed E-state index contributed by atoms with van der Waals surface area (Å²) >= 11 is 1.24. The van der Waals surface area contributed by atoms with E-state index in [1.165, 1.54) is 11.8 Å². The molecule has 1 aromatic carbocycles. The van der Waals surface area contributed by atoms with Gasteiger partial charge in [0.15, 0.2) is 0 Å². The van der Waals surface area contributed by atoms with Crippen molar-refractivity contribution in [2.45, 2.75) is 25.4 Å². The molecule has 7 heteroatoms. The van der Waals surface area contributed by atoms with Crippen molar-refractivity contribution in [3.63, 3.8) is 0 Å². The van der Waals surface area contributed by atoms with Gasteiger partial charge in [0, 0.05) is 12.1 Å². The quantitative estimate of drug-likeness (QED) is 0.640. The fraction of sp³-hybridized carbons (Fsp3) is 0.294. The van der Waals surface area contributed by atoms with Crippen LogP contribution in [0.15, 0.2) is 29.3 Å². The molecule has 0 saturated heterocycles. The first-order valence-electron chi connectivity index (χ1n) is 7.32. The molecule has 1 heterocycles. The molecule has 0 bridgehead atoms. The summed E-state index contributed by atoms with van der Waals surface area (Å²) in [4.78, 5) is 20.5. The van der Waals surface area contributed by atoms with Crippen molar-refractivity contribution in [2.75, 3.05) is 12.9 Å². The molecule has 0 aliphatic rings. The first kappa shape index (κ1) is 17.8. The molecular formula is C17H18N4O2S. The summed E-state index contributed by atoms with van der Waals surface area (Å²) < 4.78 is 5.25. The van der Waals surface area contributed by atoms with Gasteiger partial charge in [-0.05, 0) is 19.9 Å². The van der Waals surface area contributed by atoms with Gasteiger partial charge < -0.3 is 10.1 Å². The first-order valence-corrected chi connectivity index (χ1v) is 8.30. The van der Waals surface area contributed by atoms with E-state index in [9.17, 15) is 10.1 Å². The number of methoxy groups -OCH3 is 1. The molecule has 6 nitrogen and oxygen atoms in total. The minimum Gasteiger partial charge on any atom is -0.496 e. The number of para-hydroxylation sites is 1. The van der Waals surface area contributed by atoms with E-state index >= 15 is 0 Å². The van der Waals surface area contributed by atoms with Crippen LogP contribution >= 0.6 is 11.8 Å². The molecule has 0 atom stereocenters. The van der Waals surface area contributed by atoms with Crippen molar-refractivity contribution in [1.82, 2.24) is 15.3 Å². The maximum Gasteiger partial charge on any atom is 0.230 e. The Labute approximate surface area is 145 Å². The Morgan fingerprint density at radius 2 is 2.08 bits per heavy atom. The first-order chi connectivity index (χ1) is 11.5. The van der Waals surface area contributed by atoms with Crippen LogP contribution in [0.2, 0.25) is 0 Å². The summed E-state index contributed by atoms with van der Waals surface area (Å²) in [6.45, 7) is 3.91. The van der Waals surface area contributed by atoms with Gasteiger partial charge in [-0.15, -0.1) is 0 Å². The number of ether oxygens (including phenoxy) is 1. The molecule has 24 heavy (non-hydrogen) atoms. The summed E-state index contributed by atoms with van der Waals surface area (Å²) in [7, 11) is 1.60. The van der Waals surface area contributed by atoms with Gasteiger partial charge in [-0.3, -0.25) is 4.79 Å². The summed E-state index contributed by atoms with van der Waals surface area (Å²) in [6, 6.07) is 9.61. The summed E-state index contributed by atoms with van der Waals surface area (Å²) in [5.41, 5.74) is 1.95. The van der Waals surface area contributed by atoms with Crippen LogP contribution in [0.5, 0.6) is 5.75 Å². The SMILES string of the molecule is COc1ccccc1CNC(=O)CSc1nc(C)nc(C)c1C#N. The number of nitrogens with one attached hydrogen (secondary N) is 1. The Morgan fingerprint density at radius 1 is 1.33 bits per heavy atom. The van der Waals surface area contributed by atoms with Crippen LogP contribution in [0, 0.1) is 25.2 Å². The normalized spacial score (nSPS) is 10.1. The lowest BCUT2D eigenvalue weighted by Crippen LogP contribution is -2.25. The highest BCUT2D eigenvalue weighted by atomic mass is 32.2. The van der Waals surface area contributed by atoms with Gasteiger partial charge in [0.05, 0.1) is 18.6 Å². The number of nitrogens with zero attached hydrogens (tertiary/aromatic N) is 3. The highest BCUT2D eigenvalue weighted by molar-refractivity contribution is 8.00. The number of hydrogen-bond donors (Lipinski definition) is 1. The lowest BCUT2D eigenvalue weighted by molar-refractivity contribution is -0.118. The molecule has 0 aliphatic heterocycles. The molecule has 0 saturated carbocycles. The molecule has 0 spiro atoms. The molecule has 1 aromatic heterocycles. The van der Waals surface area contributed by atoms with E-state index in [0.29, 0.717) is 28.7 Å². The topological polar surface area (TPSA) is 87.9 Å². The van der Waals surface area contributed by atoms with Gasteiger partial charge in [0.2, 0.25) is 5.91 Å². The standard InChI is InChI=1S/C17H18N4O2S/c1-11-14(8-18)17(21-12(2)20-11)24-10-16(22)19-9-13-6-4-5-7-15(13)23-3/h4-7H,9-10H2,1-3H3,(H,19,22). The number of thioether (sulfide) groups is 1. The number of hydrogen-bond acceptors (Lipinski definition) is 6. The summed E-state index contributed by atoms with van der Waals surface area (Å²) in [6.07, 6.45) is 0. The average Bonchev–Trinajstić information content (AvgIpc) is 2.58. The third-order valence-corrected chi connectivity index (χ3v) is 4.26. The highest BCUT2D eigenvalue weighted by Crippen LogP contribution is 2.22. The van der Waals surface area contributed by atoms with Crippen LogP contribution in [0.25, 0.3) is 0 Å². The van der Waals surface area contributed by atoms with Gasteiger partial charge in [-0.2, -0.15) is 5.26 Å². The van der Waals surface area contributed by atoms with Crippen LogP contribution in [-0.4, -0.2) is 28.7 Å². The van der Waals surface area contributed by atoms with Crippen LogP contribution < -0.4 is 10.1 Å². The van der Waals surface area contributed by atoms with Gasteiger partial charge >= 0.3 is 0 Å². The Bertz CT molecular complexity index is 787. The smallest absolute Gasteiger partial charge is 0.230 e. The number of benzene rings is 1. The summed E-state index contributed by atoms with van der Waals surface area (Å²) in [5.74, 6) is 1.37. The van der Waals surface area contributed by atoms with Crippen molar-refractivity contribution >= 4 is 17.7 Å². The van der Waals surface area contributed by atoms with E-state index < -0.39 is 0 Å². The third-order valence-electron chi connectivity index (χ3n) is 3.29. The predicted octanol–water partition coefficient (Wildman–Crippen LogP) is 2.38. The molecule has 0 unspecified atom stereocenters. The van der Waals surface area contributed by atoms with Crippen LogP contribution in [-0.2, 0) is 11.3 Å². The maximum absolute atomic E-state index is 12.1. The number of aryl methyl sites for hydroxylation is 2. The lowest BCUT2D eigenvalue weighted by atomic mass is 10.2. The molecular weight excluding hydrogens is 324 g/mol. The highest BCUT2D eigenvalue weighted by Gasteiger charge is 2.12. The molecule has 124 valence electrons. The Morgan fingerprint density at radius 3 is 2.79 bits per heavy atom. The van der Waals surface area contributed by atoms with Gasteiger partial charge in [-0.25, -0.2) is 9.97 Å². The van der Waals surface area contributed by atoms with Gasteiger partial charge in [0.1, 0.15) is 28.2 Å². The zero-order chi connectivity index (χ0) is 17.5. The lowest BCUT2D eigenvalue weighted by Gasteiger charge is -2.10. The van der Waals surface area contributed by atoms with Crippen LogP contribution in [0.3, 0.4) is 0 Å². The Hall–Kier alpha value is -2.59. The molecule has 0 radical (unpaired) electrons. The minimum absolute atomic E-state index is 0.135. The van der Waals surface area contributed by atoms with E-state index in [1.807, 2.05) is 24.3 Å². The van der Waals surface area contributed by atoms with Crippen molar-refractivity contribution in [1.29, 1.82) is 5.26 Å². The van der Waals surface area contributed by atoms with E-state index in [1.54, 1.807) is 21.0 Å². The second-order valence-electron chi connectivity index (χ2n) is 5.03. The predicted molar refractivity (Wildman–Crippen MR) is 91.8 cm³/mol. The fourth-order valence-electron chi connectivity index (χ4n) is 2.14. The van der Waals surface area contributed by atoms with E-state index in [0.717, 1.165) is 11.3 Å². The third kappa shape index (κ3) is 4.46. The van der Waals surface area contributed by atoms with Gasteiger partial charge in [0.25, 0.3) is 0 Å². The molecule has 0 fully saturated rings. The maximum atomic E-state index is 12.1. The van der Waals surface area contributed by atoms with Crippen molar-refractivity contribution < 1.29 is 9.53 Å². The molecule has 0 aliphatic carbocycles. The number of carbonyl (C=O) groups is 1. The van der Waals surface area contributed by atoms with E-state index in [2.05, 4.69) is 21.4 Å². The molecule has 1 N–H and O–H groups in total. The van der Waals surface area contributed by atoms with Crippen molar-refractivity contribution in [3.05, 3.63) is 46.9 Å². The number of amides is 1. The molecule has 1 amide bonds. The Balaban J connectivity index is 1.96. The fourth-order valence-corrected chi connectivity index (χ4v) is 3.05. The summed E-state index contributed by atoms with van der Waals surface area (Å²) in [5, 5.41) is 12.6. The second-order valence-corrected chi connectivity index (χ2v) is 5.99. The second kappa shape index (κ2) is 8.31. The zero-order valence-corrected chi connectivity index (χ0v) is 14.6. The van der Waals surface area contributed by atoms with Gasteiger partial charge in [-0.1, -0.05) is 30.0 Å². The average molecular weight is 342 g/mol. The number of aromatic nitrogens is 2. The monoisotopic (exact) mass is 342 g/mol. The van der Waals surface area contributed by atoms with Crippen molar-refractivity contribution in [3.8, 4) is 11.8 Å². The minimum atomic E-state index is -0.135. The Kier molecular flexibility index (Phi) is 6.15. The van der Waals surface area contributed by atoms with Crippen molar-refractivity contribution in [2.24, 2.45) is 0 Å².